The molecule has 0 fully saturated rings. The number of pyridine rings is 1. The normalized spacial score (nSPS) is 11.2. The molecule has 3 aromatic rings. The molecule has 172 valence electrons. The van der Waals surface area contributed by atoms with E-state index in [4.69, 9.17) is 9.47 Å². The summed E-state index contributed by atoms with van der Waals surface area (Å²) < 4.78 is 39.8. The maximum atomic E-state index is 12.4. The molecule has 0 saturated carbocycles. The first-order valence-electron chi connectivity index (χ1n) is 9.88. The molecule has 0 amide bonds. The van der Waals surface area contributed by atoms with Gasteiger partial charge in [0.1, 0.15) is 5.82 Å². The van der Waals surface area contributed by atoms with Crippen LogP contribution in [0, 0.1) is 18.3 Å². The maximum Gasteiger partial charge on any atom is 0.324 e. The molecule has 0 aliphatic heterocycles. The van der Waals surface area contributed by atoms with E-state index in [0.29, 0.717) is 28.1 Å². The van der Waals surface area contributed by atoms with Gasteiger partial charge in [-0.1, -0.05) is 0 Å². The number of methoxy groups -OCH3 is 1. The SMILES string of the molecule is COc1ccc(C#N)cc1Oc1nc(NS(=O)(=O)C(C)C)cc(-c2cc(C)c(=O)n(C)c2)n1. The highest BCUT2D eigenvalue weighted by atomic mass is 32.2. The average Bonchev–Trinajstić information content (AvgIpc) is 2.76. The summed E-state index contributed by atoms with van der Waals surface area (Å²) in [7, 11) is -0.651. The van der Waals surface area contributed by atoms with Crippen molar-refractivity contribution in [3.05, 3.63) is 58.0 Å². The Morgan fingerprint density at radius 3 is 2.48 bits per heavy atom. The van der Waals surface area contributed by atoms with Gasteiger partial charge in [-0.2, -0.15) is 15.2 Å². The van der Waals surface area contributed by atoms with Crippen molar-refractivity contribution < 1.29 is 17.9 Å². The summed E-state index contributed by atoms with van der Waals surface area (Å²) in [6.07, 6.45) is 1.58. The van der Waals surface area contributed by atoms with E-state index in [1.165, 1.54) is 37.7 Å². The lowest BCUT2D eigenvalue weighted by Gasteiger charge is -2.14. The van der Waals surface area contributed by atoms with E-state index in [-0.39, 0.29) is 23.1 Å². The number of hydrogen-bond donors (Lipinski definition) is 1. The minimum Gasteiger partial charge on any atom is -0.493 e. The molecule has 1 N–H and O–H groups in total. The van der Waals surface area contributed by atoms with Crippen molar-refractivity contribution in [2.45, 2.75) is 26.0 Å². The molecule has 0 aliphatic rings. The molecule has 0 atom stereocenters. The Bertz CT molecular complexity index is 1380. The quantitative estimate of drug-likeness (QED) is 0.558. The Hall–Kier alpha value is -3.91. The predicted molar refractivity (Wildman–Crippen MR) is 123 cm³/mol. The van der Waals surface area contributed by atoms with Gasteiger partial charge in [-0.3, -0.25) is 9.52 Å². The molecule has 10 nitrogen and oxygen atoms in total. The first kappa shape index (κ1) is 23.7. The van der Waals surface area contributed by atoms with Crippen LogP contribution in [0.5, 0.6) is 17.5 Å². The highest BCUT2D eigenvalue weighted by Gasteiger charge is 2.19. The zero-order valence-corrected chi connectivity index (χ0v) is 19.6. The summed E-state index contributed by atoms with van der Waals surface area (Å²) in [5.41, 5.74) is 1.54. The number of nitriles is 1. The molecule has 0 radical (unpaired) electrons. The van der Waals surface area contributed by atoms with Crippen molar-refractivity contribution in [3.63, 3.8) is 0 Å². The van der Waals surface area contributed by atoms with E-state index in [1.54, 1.807) is 38.4 Å². The van der Waals surface area contributed by atoms with Crippen LogP contribution in [0.2, 0.25) is 0 Å². The third-order valence-electron chi connectivity index (χ3n) is 4.73. The Balaban J connectivity index is 2.16. The first-order chi connectivity index (χ1) is 15.5. The highest BCUT2D eigenvalue weighted by Crippen LogP contribution is 2.32. The van der Waals surface area contributed by atoms with Crippen LogP contribution in [0.1, 0.15) is 25.0 Å². The summed E-state index contributed by atoms with van der Waals surface area (Å²) in [5.74, 6) is 0.513. The number of aromatic nitrogens is 3. The summed E-state index contributed by atoms with van der Waals surface area (Å²) in [6.45, 7) is 4.75. The molecule has 0 aliphatic carbocycles. The van der Waals surface area contributed by atoms with Gasteiger partial charge in [0.05, 0.1) is 29.7 Å². The summed E-state index contributed by atoms with van der Waals surface area (Å²) in [4.78, 5) is 20.7. The first-order valence-corrected chi connectivity index (χ1v) is 11.4. The fourth-order valence-corrected chi connectivity index (χ4v) is 3.51. The largest absolute Gasteiger partial charge is 0.493 e. The van der Waals surface area contributed by atoms with Crippen molar-refractivity contribution >= 4 is 15.8 Å². The molecule has 33 heavy (non-hydrogen) atoms. The lowest BCUT2D eigenvalue weighted by molar-refractivity contribution is 0.368. The van der Waals surface area contributed by atoms with Crippen molar-refractivity contribution in [1.29, 1.82) is 5.26 Å². The minimum absolute atomic E-state index is 0.00869. The number of nitrogens with zero attached hydrogens (tertiary/aromatic N) is 4. The molecular formula is C22H23N5O5S. The second-order valence-corrected chi connectivity index (χ2v) is 9.76. The molecule has 11 heteroatoms. The van der Waals surface area contributed by atoms with E-state index in [0.717, 1.165) is 0 Å². The molecular weight excluding hydrogens is 446 g/mol. The Labute approximate surface area is 191 Å². The number of rotatable bonds is 7. The topological polar surface area (TPSA) is 136 Å². The van der Waals surface area contributed by atoms with E-state index < -0.39 is 15.3 Å². The molecule has 2 heterocycles. The highest BCUT2D eigenvalue weighted by molar-refractivity contribution is 7.93. The average molecular weight is 470 g/mol. The Morgan fingerprint density at radius 1 is 1.15 bits per heavy atom. The molecule has 3 rings (SSSR count). The Kier molecular flexibility index (Phi) is 6.69. The summed E-state index contributed by atoms with van der Waals surface area (Å²) >= 11 is 0. The number of sulfonamides is 1. The molecule has 0 saturated heterocycles. The molecule has 0 bridgehead atoms. The van der Waals surface area contributed by atoms with Crippen LogP contribution in [0.25, 0.3) is 11.3 Å². The molecule has 1 aromatic carbocycles. The van der Waals surface area contributed by atoms with Gasteiger partial charge in [0.25, 0.3) is 5.56 Å². The van der Waals surface area contributed by atoms with Crippen LogP contribution in [0.3, 0.4) is 0 Å². The van der Waals surface area contributed by atoms with E-state index in [1.807, 2.05) is 6.07 Å². The zero-order chi connectivity index (χ0) is 24.3. The van der Waals surface area contributed by atoms with Crippen molar-refractivity contribution in [2.24, 2.45) is 7.05 Å². The second kappa shape index (κ2) is 9.30. The Morgan fingerprint density at radius 2 is 1.88 bits per heavy atom. The zero-order valence-electron chi connectivity index (χ0n) is 18.8. The van der Waals surface area contributed by atoms with Crippen LogP contribution in [-0.4, -0.2) is 35.3 Å². The van der Waals surface area contributed by atoms with Crippen LogP contribution in [0.15, 0.2) is 41.3 Å². The smallest absolute Gasteiger partial charge is 0.324 e. The standard InChI is InChI=1S/C22H23N5O5S/c1-13(2)33(29,30)26-20-10-17(16-8-14(3)21(28)27(4)12-16)24-22(25-20)32-19-9-15(11-23)6-7-18(19)31-5/h6-10,12-13H,1-5H3,(H,24,25,26). The van der Waals surface area contributed by atoms with Gasteiger partial charge in [0.2, 0.25) is 10.0 Å². The van der Waals surface area contributed by atoms with Crippen molar-refractivity contribution in [2.75, 3.05) is 11.8 Å². The number of nitrogens with one attached hydrogen (secondary N) is 1. The summed E-state index contributed by atoms with van der Waals surface area (Å²) in [6, 6.07) is 9.54. The van der Waals surface area contributed by atoms with E-state index in [2.05, 4.69) is 14.7 Å². The third kappa shape index (κ3) is 5.30. The number of aryl methyl sites for hydroxylation is 2. The lowest BCUT2D eigenvalue weighted by Crippen LogP contribution is -2.23. The van der Waals surface area contributed by atoms with Crippen LogP contribution in [0.4, 0.5) is 5.82 Å². The van der Waals surface area contributed by atoms with Gasteiger partial charge < -0.3 is 14.0 Å². The van der Waals surface area contributed by atoms with Gasteiger partial charge in [-0.15, -0.1) is 0 Å². The predicted octanol–water partition coefficient (Wildman–Crippen LogP) is 2.97. The maximum absolute atomic E-state index is 12.4. The molecule has 0 unspecified atom stereocenters. The fourth-order valence-electron chi connectivity index (χ4n) is 2.88. The van der Waals surface area contributed by atoms with Crippen molar-refractivity contribution in [3.8, 4) is 34.8 Å². The third-order valence-corrected chi connectivity index (χ3v) is 6.46. The van der Waals surface area contributed by atoms with E-state index in [9.17, 15) is 18.5 Å². The van der Waals surface area contributed by atoms with Gasteiger partial charge in [0, 0.05) is 36.5 Å². The van der Waals surface area contributed by atoms with Gasteiger partial charge in [0.15, 0.2) is 11.5 Å². The monoisotopic (exact) mass is 469 g/mol. The number of hydrogen-bond acceptors (Lipinski definition) is 8. The minimum atomic E-state index is -3.71. The van der Waals surface area contributed by atoms with Gasteiger partial charge >= 0.3 is 6.01 Å². The molecule has 2 aromatic heterocycles. The van der Waals surface area contributed by atoms with Gasteiger partial charge in [-0.25, -0.2) is 8.42 Å². The number of anilines is 1. The number of ether oxygens (including phenoxy) is 2. The van der Waals surface area contributed by atoms with Gasteiger partial charge in [-0.05, 0) is 39.0 Å². The van der Waals surface area contributed by atoms with Crippen LogP contribution in [-0.2, 0) is 17.1 Å². The number of benzene rings is 1. The van der Waals surface area contributed by atoms with Crippen molar-refractivity contribution in [1.82, 2.24) is 14.5 Å². The lowest BCUT2D eigenvalue weighted by atomic mass is 10.1. The summed E-state index contributed by atoms with van der Waals surface area (Å²) in [5, 5.41) is 8.50. The fraction of sp³-hybridized carbons (Fsp3) is 0.273. The molecule has 0 spiro atoms. The van der Waals surface area contributed by atoms with E-state index >= 15 is 0 Å². The van der Waals surface area contributed by atoms with Crippen LogP contribution < -0.4 is 19.8 Å². The second-order valence-electron chi connectivity index (χ2n) is 7.52. The van der Waals surface area contributed by atoms with Crippen LogP contribution >= 0.6 is 0 Å².